The van der Waals surface area contributed by atoms with Crippen molar-refractivity contribution in [3.8, 4) is 11.5 Å². The van der Waals surface area contributed by atoms with Crippen LogP contribution in [0, 0.1) is 0 Å². The lowest BCUT2D eigenvalue weighted by Crippen LogP contribution is -2.55. The van der Waals surface area contributed by atoms with Crippen LogP contribution in [0.2, 0.25) is 5.02 Å². The van der Waals surface area contributed by atoms with Gasteiger partial charge in [-0.05, 0) is 36.4 Å². The highest BCUT2D eigenvalue weighted by Gasteiger charge is 2.33. The van der Waals surface area contributed by atoms with Crippen molar-refractivity contribution in [2.24, 2.45) is 0 Å². The minimum Gasteiger partial charge on any atom is -0.485 e. The fourth-order valence-corrected chi connectivity index (χ4v) is 4.22. The van der Waals surface area contributed by atoms with E-state index in [1.165, 1.54) is 11.8 Å². The van der Waals surface area contributed by atoms with Gasteiger partial charge in [0.1, 0.15) is 6.61 Å². The van der Waals surface area contributed by atoms with Crippen molar-refractivity contribution < 1.29 is 19.1 Å². The van der Waals surface area contributed by atoms with Crippen LogP contribution < -0.4 is 9.47 Å². The summed E-state index contributed by atoms with van der Waals surface area (Å²) in [6, 6.07) is 14.8. The molecule has 0 saturated carbocycles. The Hall–Kier alpha value is -2.38. The van der Waals surface area contributed by atoms with E-state index in [1.807, 2.05) is 42.5 Å². The standard InChI is InChI=1S/C21H21ClN2O4S/c22-15-5-7-16(8-6-15)29-14-20(25)23-9-11-24(12-10-23)21(26)19-13-27-17-3-1-2-4-18(17)28-19/h1-8,19H,9-14H2. The molecule has 2 aromatic carbocycles. The van der Waals surface area contributed by atoms with Crippen LogP contribution in [-0.2, 0) is 9.59 Å². The third-order valence-corrected chi connectivity index (χ3v) is 6.15. The molecule has 0 aromatic heterocycles. The maximum Gasteiger partial charge on any atom is 0.267 e. The number of carbonyl (C=O) groups excluding carboxylic acids is 2. The van der Waals surface area contributed by atoms with Gasteiger partial charge in [0.15, 0.2) is 11.5 Å². The number of nitrogens with zero attached hydrogens (tertiary/aromatic N) is 2. The number of hydrogen-bond acceptors (Lipinski definition) is 5. The molecule has 2 heterocycles. The van der Waals surface area contributed by atoms with Crippen LogP contribution in [-0.4, -0.2) is 66.3 Å². The molecule has 0 radical (unpaired) electrons. The van der Waals surface area contributed by atoms with E-state index in [9.17, 15) is 9.59 Å². The molecule has 2 aromatic rings. The van der Waals surface area contributed by atoms with Crippen molar-refractivity contribution in [3.05, 3.63) is 53.6 Å². The lowest BCUT2D eigenvalue weighted by Gasteiger charge is -2.37. The number of para-hydroxylation sites is 2. The lowest BCUT2D eigenvalue weighted by molar-refractivity contribution is -0.145. The summed E-state index contributed by atoms with van der Waals surface area (Å²) in [7, 11) is 0. The predicted octanol–water partition coefficient (Wildman–Crippen LogP) is 2.94. The van der Waals surface area contributed by atoms with Crippen LogP contribution in [0.3, 0.4) is 0 Å². The zero-order valence-corrected chi connectivity index (χ0v) is 17.3. The van der Waals surface area contributed by atoms with Gasteiger partial charge < -0.3 is 19.3 Å². The largest absolute Gasteiger partial charge is 0.485 e. The van der Waals surface area contributed by atoms with Gasteiger partial charge in [0.25, 0.3) is 5.91 Å². The molecule has 0 bridgehead atoms. The molecule has 8 heteroatoms. The fourth-order valence-electron chi connectivity index (χ4n) is 3.29. The lowest BCUT2D eigenvalue weighted by atomic mass is 10.2. The normalized spacial score (nSPS) is 18.4. The average molecular weight is 433 g/mol. The first-order valence-electron chi connectivity index (χ1n) is 9.43. The molecule has 1 atom stereocenters. The van der Waals surface area contributed by atoms with E-state index in [-0.39, 0.29) is 18.4 Å². The molecule has 2 aliphatic heterocycles. The summed E-state index contributed by atoms with van der Waals surface area (Å²) in [6.07, 6.45) is -0.646. The molecule has 0 aliphatic carbocycles. The summed E-state index contributed by atoms with van der Waals surface area (Å²) in [5.74, 6) is 1.59. The Bertz CT molecular complexity index is 885. The second kappa shape index (κ2) is 8.97. The molecule has 0 spiro atoms. The SMILES string of the molecule is O=C(CSc1ccc(Cl)cc1)N1CCN(C(=O)C2COc3ccccc3O2)CC1. The van der Waals surface area contributed by atoms with E-state index in [0.717, 1.165) is 4.90 Å². The number of carbonyl (C=O) groups is 2. The quantitative estimate of drug-likeness (QED) is 0.695. The number of thioether (sulfide) groups is 1. The second-order valence-corrected chi connectivity index (χ2v) is 8.30. The van der Waals surface area contributed by atoms with Crippen molar-refractivity contribution in [1.29, 1.82) is 0 Å². The summed E-state index contributed by atoms with van der Waals surface area (Å²) in [4.78, 5) is 29.8. The molecular weight excluding hydrogens is 412 g/mol. The van der Waals surface area contributed by atoms with Gasteiger partial charge in [0.05, 0.1) is 5.75 Å². The molecular formula is C21H21ClN2O4S. The highest BCUT2D eigenvalue weighted by molar-refractivity contribution is 8.00. The summed E-state index contributed by atoms with van der Waals surface area (Å²) in [5.41, 5.74) is 0. The van der Waals surface area contributed by atoms with E-state index >= 15 is 0 Å². The van der Waals surface area contributed by atoms with Crippen LogP contribution in [0.25, 0.3) is 0 Å². The van der Waals surface area contributed by atoms with Gasteiger partial charge in [-0.1, -0.05) is 23.7 Å². The molecule has 0 N–H and O–H groups in total. The van der Waals surface area contributed by atoms with Crippen LogP contribution >= 0.6 is 23.4 Å². The summed E-state index contributed by atoms with van der Waals surface area (Å²) in [5, 5.41) is 0.678. The van der Waals surface area contributed by atoms with E-state index < -0.39 is 6.10 Å². The van der Waals surface area contributed by atoms with Gasteiger partial charge in [-0.15, -0.1) is 11.8 Å². The summed E-state index contributed by atoms with van der Waals surface area (Å²) in [6.45, 7) is 2.24. The Balaban J connectivity index is 1.25. The first kappa shape index (κ1) is 19.9. The molecule has 29 heavy (non-hydrogen) atoms. The number of ether oxygens (including phenoxy) is 2. The van der Waals surface area contributed by atoms with E-state index in [2.05, 4.69) is 0 Å². The van der Waals surface area contributed by atoms with Crippen LogP contribution in [0.1, 0.15) is 0 Å². The van der Waals surface area contributed by atoms with Crippen LogP contribution in [0.4, 0.5) is 0 Å². The Morgan fingerprint density at radius 3 is 2.34 bits per heavy atom. The number of hydrogen-bond donors (Lipinski definition) is 0. The van der Waals surface area contributed by atoms with E-state index in [1.54, 1.807) is 15.9 Å². The highest BCUT2D eigenvalue weighted by atomic mass is 35.5. The molecule has 4 rings (SSSR count). The van der Waals surface area contributed by atoms with Crippen molar-refractivity contribution in [2.75, 3.05) is 38.5 Å². The zero-order chi connectivity index (χ0) is 20.2. The van der Waals surface area contributed by atoms with E-state index in [4.69, 9.17) is 21.1 Å². The van der Waals surface area contributed by atoms with Crippen molar-refractivity contribution >= 4 is 35.2 Å². The summed E-state index contributed by atoms with van der Waals surface area (Å²) >= 11 is 7.37. The average Bonchev–Trinajstić information content (AvgIpc) is 2.78. The van der Waals surface area contributed by atoms with Gasteiger partial charge >= 0.3 is 0 Å². The minimum absolute atomic E-state index is 0.0724. The third-order valence-electron chi connectivity index (χ3n) is 4.90. The van der Waals surface area contributed by atoms with Gasteiger partial charge in [-0.3, -0.25) is 9.59 Å². The molecule has 1 fully saturated rings. The Morgan fingerprint density at radius 1 is 0.966 bits per heavy atom. The smallest absolute Gasteiger partial charge is 0.267 e. The first-order chi connectivity index (χ1) is 14.1. The molecule has 2 aliphatic rings. The maximum absolute atomic E-state index is 12.8. The second-order valence-electron chi connectivity index (χ2n) is 6.81. The fraction of sp³-hybridized carbons (Fsp3) is 0.333. The number of benzene rings is 2. The number of amides is 2. The van der Waals surface area contributed by atoms with Gasteiger partial charge in [0.2, 0.25) is 12.0 Å². The summed E-state index contributed by atoms with van der Waals surface area (Å²) < 4.78 is 11.4. The van der Waals surface area contributed by atoms with Crippen molar-refractivity contribution in [1.82, 2.24) is 9.80 Å². The van der Waals surface area contributed by atoms with Crippen LogP contribution in [0.15, 0.2) is 53.4 Å². The topological polar surface area (TPSA) is 59.1 Å². The number of piperazine rings is 1. The monoisotopic (exact) mass is 432 g/mol. The molecule has 6 nitrogen and oxygen atoms in total. The van der Waals surface area contributed by atoms with Crippen LogP contribution in [0.5, 0.6) is 11.5 Å². The number of fused-ring (bicyclic) bond motifs is 1. The van der Waals surface area contributed by atoms with Gasteiger partial charge in [-0.2, -0.15) is 0 Å². The molecule has 2 amide bonds. The first-order valence-corrected chi connectivity index (χ1v) is 10.8. The number of rotatable bonds is 4. The zero-order valence-electron chi connectivity index (χ0n) is 15.8. The van der Waals surface area contributed by atoms with Crippen molar-refractivity contribution in [2.45, 2.75) is 11.0 Å². The Labute approximate surface area is 178 Å². The van der Waals surface area contributed by atoms with Crippen molar-refractivity contribution in [3.63, 3.8) is 0 Å². The third kappa shape index (κ3) is 4.79. The molecule has 1 saturated heterocycles. The minimum atomic E-state index is -0.646. The molecule has 152 valence electrons. The predicted molar refractivity (Wildman–Crippen MR) is 112 cm³/mol. The highest BCUT2D eigenvalue weighted by Crippen LogP contribution is 2.31. The molecule has 1 unspecified atom stereocenters. The maximum atomic E-state index is 12.8. The Kier molecular flexibility index (Phi) is 6.16. The van der Waals surface area contributed by atoms with E-state index in [0.29, 0.717) is 48.5 Å². The Morgan fingerprint density at radius 2 is 1.62 bits per heavy atom. The van der Waals surface area contributed by atoms with Gasteiger partial charge in [-0.25, -0.2) is 0 Å². The number of halogens is 1. The van der Waals surface area contributed by atoms with Gasteiger partial charge in [0, 0.05) is 36.1 Å².